The summed E-state index contributed by atoms with van der Waals surface area (Å²) in [6, 6.07) is 14.7. The lowest BCUT2D eigenvalue weighted by Crippen LogP contribution is -2.17. The van der Waals surface area contributed by atoms with Gasteiger partial charge in [0, 0.05) is 12.2 Å². The molecule has 2 aromatic rings. The fourth-order valence-corrected chi connectivity index (χ4v) is 3.14. The van der Waals surface area contributed by atoms with Crippen molar-refractivity contribution < 1.29 is 8.42 Å². The van der Waals surface area contributed by atoms with Gasteiger partial charge in [-0.3, -0.25) is 0 Å². The fraction of sp³-hybridized carbons (Fsp3) is 0.0667. The van der Waals surface area contributed by atoms with Gasteiger partial charge in [0.05, 0.1) is 4.90 Å². The van der Waals surface area contributed by atoms with Crippen molar-refractivity contribution in [3.8, 4) is 0 Å². The quantitative estimate of drug-likeness (QED) is 0.889. The minimum Gasteiger partial charge on any atom is -0.380 e. The van der Waals surface area contributed by atoms with Crippen molar-refractivity contribution in [2.24, 2.45) is 5.14 Å². The summed E-state index contributed by atoms with van der Waals surface area (Å²) in [7, 11) is -3.73. The summed E-state index contributed by atoms with van der Waals surface area (Å²) in [5, 5.41) is 8.57. The highest BCUT2D eigenvalue weighted by atomic mass is 32.2. The first-order valence-corrected chi connectivity index (χ1v) is 7.76. The third-order valence-electron chi connectivity index (χ3n) is 3.30. The van der Waals surface area contributed by atoms with Crippen LogP contribution in [0.2, 0.25) is 0 Å². The first kappa shape index (κ1) is 12.9. The predicted molar refractivity (Wildman–Crippen MR) is 80.6 cm³/mol. The molecule has 0 atom stereocenters. The van der Waals surface area contributed by atoms with Gasteiger partial charge in [-0.15, -0.1) is 0 Å². The third-order valence-corrected chi connectivity index (χ3v) is 4.27. The van der Waals surface area contributed by atoms with Crippen molar-refractivity contribution in [1.82, 2.24) is 0 Å². The zero-order valence-electron chi connectivity index (χ0n) is 10.7. The van der Waals surface area contributed by atoms with Crippen molar-refractivity contribution in [1.29, 1.82) is 0 Å². The Morgan fingerprint density at radius 1 is 1.00 bits per heavy atom. The van der Waals surface area contributed by atoms with Gasteiger partial charge in [0.1, 0.15) is 0 Å². The van der Waals surface area contributed by atoms with Crippen molar-refractivity contribution in [3.05, 3.63) is 59.7 Å². The number of nitrogens with two attached hydrogens (primary N) is 1. The number of para-hydroxylation sites is 1. The smallest absolute Gasteiger partial charge is 0.238 e. The molecule has 0 radical (unpaired) electrons. The Labute approximate surface area is 118 Å². The Bertz CT molecular complexity index is 795. The van der Waals surface area contributed by atoms with Crippen LogP contribution in [0.5, 0.6) is 0 Å². The second kappa shape index (κ2) is 4.77. The molecule has 0 aliphatic carbocycles. The van der Waals surface area contributed by atoms with E-state index in [-0.39, 0.29) is 4.90 Å². The van der Waals surface area contributed by atoms with E-state index < -0.39 is 10.0 Å². The predicted octanol–water partition coefficient (Wildman–Crippen LogP) is 2.30. The first-order valence-electron chi connectivity index (χ1n) is 6.21. The molecule has 2 aromatic carbocycles. The van der Waals surface area contributed by atoms with E-state index in [0.717, 1.165) is 16.8 Å². The van der Waals surface area contributed by atoms with Crippen LogP contribution >= 0.6 is 0 Å². The van der Waals surface area contributed by atoms with Crippen LogP contribution in [0.15, 0.2) is 53.4 Å². The first-order chi connectivity index (χ1) is 9.55. The maximum atomic E-state index is 11.7. The standard InChI is InChI=1S/C15H14N2O2S/c16-20(18,19)15-8-4-2-6-13(15)12-9-11-5-1-3-7-14(11)17-10-12/h1-9,17H,10H2,(H2,16,18,19). The number of fused-ring (bicyclic) bond motifs is 1. The molecule has 0 saturated heterocycles. The van der Waals surface area contributed by atoms with Crippen LogP contribution in [0, 0.1) is 0 Å². The van der Waals surface area contributed by atoms with Gasteiger partial charge in [-0.2, -0.15) is 0 Å². The molecule has 3 N–H and O–H groups in total. The second-order valence-corrected chi connectivity index (χ2v) is 6.18. The van der Waals surface area contributed by atoms with Gasteiger partial charge in [-0.25, -0.2) is 13.6 Å². The van der Waals surface area contributed by atoms with Crippen LogP contribution in [0.1, 0.15) is 11.1 Å². The SMILES string of the molecule is NS(=O)(=O)c1ccccc1C1=Cc2ccccc2NC1. The molecule has 0 unspecified atom stereocenters. The Morgan fingerprint density at radius 2 is 1.70 bits per heavy atom. The summed E-state index contributed by atoms with van der Waals surface area (Å²) >= 11 is 0. The number of benzene rings is 2. The molecule has 20 heavy (non-hydrogen) atoms. The number of sulfonamides is 1. The molecule has 0 saturated carbocycles. The maximum Gasteiger partial charge on any atom is 0.238 e. The average Bonchev–Trinajstić information content (AvgIpc) is 2.46. The third kappa shape index (κ3) is 2.33. The van der Waals surface area contributed by atoms with Crippen molar-refractivity contribution >= 4 is 27.4 Å². The van der Waals surface area contributed by atoms with E-state index in [1.165, 1.54) is 6.07 Å². The lowest BCUT2D eigenvalue weighted by molar-refractivity contribution is 0.597. The zero-order chi connectivity index (χ0) is 14.2. The summed E-state index contributed by atoms with van der Waals surface area (Å²) in [6.07, 6.45) is 2.00. The van der Waals surface area contributed by atoms with Crippen LogP contribution in [-0.2, 0) is 10.0 Å². The van der Waals surface area contributed by atoms with Crippen LogP contribution < -0.4 is 10.5 Å². The van der Waals surface area contributed by atoms with Gasteiger partial charge in [0.15, 0.2) is 0 Å². The molecule has 0 aromatic heterocycles. The lowest BCUT2D eigenvalue weighted by Gasteiger charge is -2.20. The van der Waals surface area contributed by atoms with Gasteiger partial charge in [-0.1, -0.05) is 36.4 Å². The summed E-state index contributed by atoms with van der Waals surface area (Å²) in [5.41, 5.74) is 3.65. The van der Waals surface area contributed by atoms with Crippen molar-refractivity contribution in [2.45, 2.75) is 4.90 Å². The van der Waals surface area contributed by atoms with Gasteiger partial charge in [0.2, 0.25) is 10.0 Å². The van der Waals surface area contributed by atoms with Crippen molar-refractivity contribution in [2.75, 3.05) is 11.9 Å². The van der Waals surface area contributed by atoms with Gasteiger partial charge in [-0.05, 0) is 34.9 Å². The highest BCUT2D eigenvalue weighted by Crippen LogP contribution is 2.30. The van der Waals surface area contributed by atoms with Gasteiger partial charge in [0.25, 0.3) is 0 Å². The molecule has 0 fully saturated rings. The molecule has 102 valence electrons. The number of anilines is 1. The molecule has 1 aliphatic rings. The molecule has 0 amide bonds. The van der Waals surface area contributed by atoms with Crippen LogP contribution in [0.3, 0.4) is 0 Å². The van der Waals surface area contributed by atoms with E-state index in [2.05, 4.69) is 5.32 Å². The number of rotatable bonds is 2. The van der Waals surface area contributed by atoms with Crippen molar-refractivity contribution in [3.63, 3.8) is 0 Å². The normalized spacial score (nSPS) is 14.2. The summed E-state index contributed by atoms with van der Waals surface area (Å²) in [5.74, 6) is 0. The summed E-state index contributed by atoms with van der Waals surface area (Å²) in [4.78, 5) is 0.160. The van der Waals surface area contributed by atoms with E-state index in [0.29, 0.717) is 12.1 Å². The van der Waals surface area contributed by atoms with Crippen LogP contribution in [-0.4, -0.2) is 15.0 Å². The Morgan fingerprint density at radius 3 is 2.50 bits per heavy atom. The van der Waals surface area contributed by atoms with Gasteiger partial charge >= 0.3 is 0 Å². The molecule has 3 rings (SSSR count). The molecule has 4 nitrogen and oxygen atoms in total. The Kier molecular flexibility index (Phi) is 3.08. The molecule has 5 heteroatoms. The summed E-state index contributed by atoms with van der Waals surface area (Å²) < 4.78 is 23.3. The van der Waals surface area contributed by atoms with Gasteiger partial charge < -0.3 is 5.32 Å². The minimum atomic E-state index is -3.73. The van der Waals surface area contributed by atoms with E-state index >= 15 is 0 Å². The Balaban J connectivity index is 2.15. The zero-order valence-corrected chi connectivity index (χ0v) is 11.5. The molecular weight excluding hydrogens is 272 g/mol. The average molecular weight is 286 g/mol. The monoisotopic (exact) mass is 286 g/mol. The topological polar surface area (TPSA) is 72.2 Å². The highest BCUT2D eigenvalue weighted by molar-refractivity contribution is 7.89. The number of hydrogen-bond acceptors (Lipinski definition) is 3. The summed E-state index contributed by atoms with van der Waals surface area (Å²) in [6.45, 7) is 0.573. The second-order valence-electron chi connectivity index (χ2n) is 4.65. The maximum absolute atomic E-state index is 11.7. The number of primary sulfonamides is 1. The highest BCUT2D eigenvalue weighted by Gasteiger charge is 2.18. The molecule has 1 heterocycles. The lowest BCUT2D eigenvalue weighted by atomic mass is 9.98. The molecule has 0 spiro atoms. The number of hydrogen-bond donors (Lipinski definition) is 2. The van der Waals surface area contributed by atoms with E-state index in [9.17, 15) is 8.42 Å². The Hall–Kier alpha value is -2.11. The minimum absolute atomic E-state index is 0.160. The molecule has 0 bridgehead atoms. The van der Waals surface area contributed by atoms with E-state index in [1.54, 1.807) is 12.1 Å². The van der Waals surface area contributed by atoms with Crippen LogP contribution in [0.25, 0.3) is 11.6 Å². The fourth-order valence-electron chi connectivity index (χ4n) is 2.37. The van der Waals surface area contributed by atoms with E-state index in [1.807, 2.05) is 36.4 Å². The number of nitrogens with one attached hydrogen (secondary N) is 1. The largest absolute Gasteiger partial charge is 0.380 e. The molecular formula is C15H14N2O2S. The molecule has 1 aliphatic heterocycles. The van der Waals surface area contributed by atoms with Crippen LogP contribution in [0.4, 0.5) is 5.69 Å². The van der Waals surface area contributed by atoms with E-state index in [4.69, 9.17) is 5.14 Å².